The van der Waals surface area contributed by atoms with Crippen molar-refractivity contribution in [2.75, 3.05) is 0 Å². The molecule has 1 aromatic carbocycles. The van der Waals surface area contributed by atoms with E-state index in [0.717, 1.165) is 55.1 Å². The summed E-state index contributed by atoms with van der Waals surface area (Å²) in [7, 11) is 0. The van der Waals surface area contributed by atoms with Crippen LogP contribution in [-0.2, 0) is 30.5 Å². The van der Waals surface area contributed by atoms with Gasteiger partial charge in [-0.25, -0.2) is 13.5 Å². The van der Waals surface area contributed by atoms with E-state index >= 15 is 0 Å². The molecule has 0 radical (unpaired) electrons. The Morgan fingerprint density at radius 3 is 2.94 bits per heavy atom. The summed E-state index contributed by atoms with van der Waals surface area (Å²) in [5.41, 5.74) is 5.51. The number of aromatic amines is 1. The monoisotopic (exact) mass is 425 g/mol. The van der Waals surface area contributed by atoms with Crippen LogP contribution in [0, 0.1) is 11.6 Å². The maximum atomic E-state index is 14.3. The smallest absolute Gasteiger partial charge is 0.220 e. The zero-order valence-electron chi connectivity index (χ0n) is 17.3. The van der Waals surface area contributed by atoms with Crippen LogP contribution in [0.15, 0.2) is 24.4 Å². The van der Waals surface area contributed by atoms with E-state index in [1.165, 1.54) is 40.9 Å². The summed E-state index contributed by atoms with van der Waals surface area (Å²) in [6, 6.07) is 3.33. The Morgan fingerprint density at radius 2 is 2.06 bits per heavy atom. The van der Waals surface area contributed by atoms with Crippen LogP contribution in [-0.4, -0.2) is 25.9 Å². The third kappa shape index (κ3) is 3.86. The number of hydrogen-bond acceptors (Lipinski definition) is 3. The minimum atomic E-state index is -0.653. The first-order chi connectivity index (χ1) is 15.1. The molecule has 2 aromatic heterocycles. The standard InChI is InChI=1S/C23H25F2N5O/c24-14-8-10-22(17(25)12-14)30-21-7-3-6-18(16(21)13-26-30)27-23(31)11-9-20-15-4-1-2-5-19(15)28-29-20/h8,10,12-13,18H,1-7,9,11H2,(H,27,31)(H,28,29)/t18-/m1/s1. The fourth-order valence-corrected chi connectivity index (χ4v) is 4.82. The number of aryl methyl sites for hydroxylation is 2. The second kappa shape index (κ2) is 8.24. The minimum Gasteiger partial charge on any atom is -0.349 e. The van der Waals surface area contributed by atoms with Gasteiger partial charge in [-0.15, -0.1) is 0 Å². The summed E-state index contributed by atoms with van der Waals surface area (Å²) in [5.74, 6) is -1.30. The number of aromatic nitrogens is 4. The molecule has 0 spiro atoms. The summed E-state index contributed by atoms with van der Waals surface area (Å²) in [5, 5.41) is 15.0. The second-order valence-electron chi connectivity index (χ2n) is 8.40. The lowest BCUT2D eigenvalue weighted by molar-refractivity contribution is -0.121. The summed E-state index contributed by atoms with van der Waals surface area (Å²) < 4.78 is 29.1. The van der Waals surface area contributed by atoms with Gasteiger partial charge in [0.1, 0.15) is 11.5 Å². The number of nitrogens with one attached hydrogen (secondary N) is 2. The van der Waals surface area contributed by atoms with Gasteiger partial charge in [0.05, 0.1) is 17.9 Å². The highest BCUT2D eigenvalue weighted by Gasteiger charge is 2.27. The molecule has 0 saturated carbocycles. The van der Waals surface area contributed by atoms with Crippen molar-refractivity contribution in [2.45, 2.75) is 63.8 Å². The number of hydrogen-bond donors (Lipinski definition) is 2. The van der Waals surface area contributed by atoms with Gasteiger partial charge in [-0.3, -0.25) is 9.89 Å². The van der Waals surface area contributed by atoms with E-state index in [9.17, 15) is 13.6 Å². The Balaban J connectivity index is 1.28. The lowest BCUT2D eigenvalue weighted by Crippen LogP contribution is -2.31. The maximum Gasteiger partial charge on any atom is 0.220 e. The van der Waals surface area contributed by atoms with Gasteiger partial charge in [-0.2, -0.15) is 10.2 Å². The van der Waals surface area contributed by atoms with E-state index in [1.807, 2.05) is 0 Å². The number of carbonyl (C=O) groups excluding carboxylic acids is 1. The number of benzene rings is 1. The molecule has 5 rings (SSSR count). The van der Waals surface area contributed by atoms with E-state index in [2.05, 4.69) is 20.6 Å². The molecule has 0 bridgehead atoms. The molecule has 0 unspecified atom stereocenters. The van der Waals surface area contributed by atoms with E-state index < -0.39 is 11.6 Å². The Morgan fingerprint density at radius 1 is 1.19 bits per heavy atom. The molecule has 8 heteroatoms. The summed E-state index contributed by atoms with van der Waals surface area (Å²) >= 11 is 0. The van der Waals surface area contributed by atoms with Crippen molar-refractivity contribution in [1.29, 1.82) is 0 Å². The fourth-order valence-electron chi connectivity index (χ4n) is 4.82. The van der Waals surface area contributed by atoms with E-state index in [4.69, 9.17) is 0 Å². The Hall–Kier alpha value is -3.03. The predicted octanol–water partition coefficient (Wildman–Crippen LogP) is 3.88. The molecule has 2 aliphatic rings. The number of rotatable bonds is 5. The summed E-state index contributed by atoms with van der Waals surface area (Å²) in [6.45, 7) is 0. The number of carbonyl (C=O) groups is 1. The van der Waals surface area contributed by atoms with E-state index in [1.54, 1.807) is 6.20 Å². The molecule has 0 fully saturated rings. The van der Waals surface area contributed by atoms with Crippen LogP contribution in [0.3, 0.4) is 0 Å². The van der Waals surface area contributed by atoms with Crippen molar-refractivity contribution >= 4 is 5.91 Å². The Kier molecular flexibility index (Phi) is 5.29. The Bertz CT molecular complexity index is 1120. The van der Waals surface area contributed by atoms with Crippen molar-refractivity contribution in [3.63, 3.8) is 0 Å². The lowest BCUT2D eigenvalue weighted by atomic mass is 9.92. The molecule has 162 valence electrons. The van der Waals surface area contributed by atoms with Crippen molar-refractivity contribution in [2.24, 2.45) is 0 Å². The topological polar surface area (TPSA) is 75.6 Å². The van der Waals surface area contributed by atoms with Crippen LogP contribution in [0.1, 0.15) is 66.4 Å². The van der Waals surface area contributed by atoms with Crippen molar-refractivity contribution in [3.8, 4) is 5.69 Å². The molecule has 3 aromatic rings. The molecular weight excluding hydrogens is 400 g/mol. The van der Waals surface area contributed by atoms with Crippen LogP contribution >= 0.6 is 0 Å². The first kappa shape index (κ1) is 19.9. The third-order valence-corrected chi connectivity index (χ3v) is 6.39. The van der Waals surface area contributed by atoms with Crippen LogP contribution in [0.25, 0.3) is 5.69 Å². The molecule has 0 aliphatic heterocycles. The average Bonchev–Trinajstić information content (AvgIpc) is 3.37. The second-order valence-corrected chi connectivity index (χ2v) is 8.40. The van der Waals surface area contributed by atoms with Gasteiger partial charge in [-0.05, 0) is 62.6 Å². The molecule has 1 atom stereocenters. The normalized spacial score (nSPS) is 17.8. The highest BCUT2D eigenvalue weighted by Crippen LogP contribution is 2.32. The molecule has 2 aliphatic carbocycles. The summed E-state index contributed by atoms with van der Waals surface area (Å²) in [4.78, 5) is 12.7. The maximum absolute atomic E-state index is 14.3. The van der Waals surface area contributed by atoms with Crippen molar-refractivity contribution in [1.82, 2.24) is 25.3 Å². The minimum absolute atomic E-state index is 0.0221. The predicted molar refractivity (Wildman–Crippen MR) is 111 cm³/mol. The number of nitrogens with zero attached hydrogens (tertiary/aromatic N) is 3. The number of H-pyrrole nitrogens is 1. The van der Waals surface area contributed by atoms with Crippen LogP contribution in [0.5, 0.6) is 0 Å². The van der Waals surface area contributed by atoms with Gasteiger partial charge in [-0.1, -0.05) is 0 Å². The van der Waals surface area contributed by atoms with Crippen LogP contribution < -0.4 is 5.32 Å². The molecule has 0 saturated heterocycles. The first-order valence-electron chi connectivity index (χ1n) is 11.0. The van der Waals surface area contributed by atoms with Crippen LogP contribution in [0.2, 0.25) is 0 Å². The number of amides is 1. The van der Waals surface area contributed by atoms with Gasteiger partial charge in [0.15, 0.2) is 5.82 Å². The van der Waals surface area contributed by atoms with Gasteiger partial charge in [0, 0.05) is 35.9 Å². The number of halogens is 2. The number of fused-ring (bicyclic) bond motifs is 2. The molecule has 31 heavy (non-hydrogen) atoms. The SMILES string of the molecule is O=C(CCc1n[nH]c2c1CCCC2)N[C@@H]1CCCc2c1cnn2-c1ccc(F)cc1F. The highest BCUT2D eigenvalue weighted by atomic mass is 19.1. The fraction of sp³-hybridized carbons (Fsp3) is 0.435. The largest absolute Gasteiger partial charge is 0.349 e. The summed E-state index contributed by atoms with van der Waals surface area (Å²) in [6.07, 6.45) is 9.54. The molecule has 6 nitrogen and oxygen atoms in total. The van der Waals surface area contributed by atoms with Gasteiger partial charge in [0.25, 0.3) is 0 Å². The lowest BCUT2D eigenvalue weighted by Gasteiger charge is -2.24. The zero-order valence-corrected chi connectivity index (χ0v) is 17.3. The molecule has 2 heterocycles. The zero-order chi connectivity index (χ0) is 21.4. The molecule has 1 amide bonds. The highest BCUT2D eigenvalue weighted by molar-refractivity contribution is 5.76. The van der Waals surface area contributed by atoms with Gasteiger partial charge < -0.3 is 5.32 Å². The quantitative estimate of drug-likeness (QED) is 0.652. The molecular formula is C23H25F2N5O. The molecule has 2 N–H and O–H groups in total. The third-order valence-electron chi connectivity index (χ3n) is 6.39. The Labute approximate surface area is 179 Å². The van der Waals surface area contributed by atoms with Gasteiger partial charge >= 0.3 is 0 Å². The average molecular weight is 425 g/mol. The van der Waals surface area contributed by atoms with Crippen LogP contribution in [0.4, 0.5) is 8.78 Å². The van der Waals surface area contributed by atoms with Gasteiger partial charge in [0.2, 0.25) is 5.91 Å². The first-order valence-corrected chi connectivity index (χ1v) is 11.0. The van der Waals surface area contributed by atoms with Crippen molar-refractivity contribution in [3.05, 3.63) is 64.2 Å². The van der Waals surface area contributed by atoms with Crippen molar-refractivity contribution < 1.29 is 13.6 Å². The van der Waals surface area contributed by atoms with E-state index in [-0.39, 0.29) is 17.6 Å². The van der Waals surface area contributed by atoms with E-state index in [0.29, 0.717) is 12.8 Å².